The maximum atomic E-state index is 12.5. The van der Waals surface area contributed by atoms with Gasteiger partial charge in [-0.3, -0.25) is 10.1 Å². The topological polar surface area (TPSA) is 52.4 Å². The van der Waals surface area contributed by atoms with Crippen LogP contribution in [0.5, 0.6) is 5.75 Å². The Hall–Kier alpha value is -1.79. The van der Waals surface area contributed by atoms with Crippen LogP contribution in [0.15, 0.2) is 18.2 Å². The number of alkyl halides is 3. The molecular weight excluding hydrogens is 239 g/mol. The molecular formula is C10H10F3NO3. The number of halogens is 3. The zero-order valence-electron chi connectivity index (χ0n) is 8.95. The molecule has 0 saturated heterocycles. The Morgan fingerprint density at radius 3 is 2.47 bits per heavy atom. The molecule has 1 rings (SSSR count). The number of nitrogens with zero attached hydrogens (tertiary/aromatic N) is 1. The van der Waals surface area contributed by atoms with Crippen LogP contribution in [0.3, 0.4) is 0 Å². The van der Waals surface area contributed by atoms with Crippen molar-refractivity contribution in [3.8, 4) is 5.75 Å². The van der Waals surface area contributed by atoms with E-state index in [4.69, 9.17) is 4.74 Å². The highest BCUT2D eigenvalue weighted by molar-refractivity contribution is 5.43. The lowest BCUT2D eigenvalue weighted by atomic mass is 10.2. The number of hydrogen-bond donors (Lipinski definition) is 0. The molecule has 0 aromatic heterocycles. The van der Waals surface area contributed by atoms with E-state index in [1.54, 1.807) is 6.92 Å². The molecule has 0 heterocycles. The van der Waals surface area contributed by atoms with Crippen molar-refractivity contribution in [1.82, 2.24) is 0 Å². The maximum absolute atomic E-state index is 12.5. The van der Waals surface area contributed by atoms with Crippen molar-refractivity contribution < 1.29 is 22.8 Å². The highest BCUT2D eigenvalue weighted by atomic mass is 19.4. The summed E-state index contributed by atoms with van der Waals surface area (Å²) in [5, 5.41) is 10.5. The van der Waals surface area contributed by atoms with E-state index in [9.17, 15) is 23.3 Å². The van der Waals surface area contributed by atoms with Gasteiger partial charge in [0.2, 0.25) is 0 Å². The average molecular weight is 249 g/mol. The summed E-state index contributed by atoms with van der Waals surface area (Å²) in [6, 6.07) is 2.21. The normalized spacial score (nSPS) is 11.3. The molecule has 0 saturated carbocycles. The summed E-state index contributed by atoms with van der Waals surface area (Å²) in [5.74, 6) is -0.145. The molecule has 17 heavy (non-hydrogen) atoms. The first kappa shape index (κ1) is 13.3. The van der Waals surface area contributed by atoms with Crippen molar-refractivity contribution >= 4 is 5.69 Å². The predicted octanol–water partition coefficient (Wildman–Crippen LogP) is 3.40. The fourth-order valence-electron chi connectivity index (χ4n) is 1.16. The number of ether oxygens (including phenoxy) is 1. The lowest BCUT2D eigenvalue weighted by Crippen LogP contribution is -2.07. The number of benzene rings is 1. The summed E-state index contributed by atoms with van der Waals surface area (Å²) < 4.78 is 42.3. The summed E-state index contributed by atoms with van der Waals surface area (Å²) >= 11 is 0. The Morgan fingerprint density at radius 1 is 1.35 bits per heavy atom. The largest absolute Gasteiger partial charge is 0.493 e. The molecule has 0 aliphatic heterocycles. The van der Waals surface area contributed by atoms with E-state index in [0.717, 1.165) is 12.1 Å². The van der Waals surface area contributed by atoms with E-state index in [-0.39, 0.29) is 12.4 Å². The van der Waals surface area contributed by atoms with E-state index in [1.807, 2.05) is 0 Å². The van der Waals surface area contributed by atoms with Gasteiger partial charge in [-0.1, -0.05) is 6.92 Å². The Kier molecular flexibility index (Phi) is 3.93. The summed E-state index contributed by atoms with van der Waals surface area (Å²) in [4.78, 5) is 9.61. The highest BCUT2D eigenvalue weighted by Gasteiger charge is 2.33. The molecule has 0 bridgehead atoms. The molecule has 0 N–H and O–H groups in total. The van der Waals surface area contributed by atoms with E-state index in [2.05, 4.69) is 0 Å². The Bertz CT molecular complexity index is 418. The van der Waals surface area contributed by atoms with Gasteiger partial charge in [0.1, 0.15) is 5.75 Å². The van der Waals surface area contributed by atoms with E-state index < -0.39 is 22.4 Å². The molecule has 0 amide bonds. The third-order valence-electron chi connectivity index (χ3n) is 1.90. The van der Waals surface area contributed by atoms with Gasteiger partial charge in [-0.25, -0.2) is 0 Å². The van der Waals surface area contributed by atoms with Gasteiger partial charge in [0, 0.05) is 6.07 Å². The van der Waals surface area contributed by atoms with Crippen LogP contribution in [0, 0.1) is 10.1 Å². The smallest absolute Gasteiger partial charge is 0.416 e. The second-order valence-electron chi connectivity index (χ2n) is 3.32. The van der Waals surface area contributed by atoms with Crippen molar-refractivity contribution in [3.63, 3.8) is 0 Å². The fourth-order valence-corrected chi connectivity index (χ4v) is 1.16. The number of rotatable bonds is 4. The molecule has 0 spiro atoms. The van der Waals surface area contributed by atoms with Crippen LogP contribution >= 0.6 is 0 Å². The first-order valence-corrected chi connectivity index (χ1v) is 4.84. The van der Waals surface area contributed by atoms with Crippen molar-refractivity contribution in [1.29, 1.82) is 0 Å². The van der Waals surface area contributed by atoms with Gasteiger partial charge in [0.15, 0.2) is 0 Å². The van der Waals surface area contributed by atoms with Crippen molar-refractivity contribution in [2.24, 2.45) is 0 Å². The molecule has 0 aliphatic rings. The van der Waals surface area contributed by atoms with Crippen molar-refractivity contribution in [2.45, 2.75) is 19.5 Å². The quantitative estimate of drug-likeness (QED) is 0.607. The van der Waals surface area contributed by atoms with E-state index in [0.29, 0.717) is 12.5 Å². The highest BCUT2D eigenvalue weighted by Crippen LogP contribution is 2.34. The van der Waals surface area contributed by atoms with Crippen LogP contribution in [-0.4, -0.2) is 11.5 Å². The second-order valence-corrected chi connectivity index (χ2v) is 3.32. The van der Waals surface area contributed by atoms with Crippen molar-refractivity contribution in [3.05, 3.63) is 33.9 Å². The lowest BCUT2D eigenvalue weighted by Gasteiger charge is -2.09. The maximum Gasteiger partial charge on any atom is 0.416 e. The molecule has 7 heteroatoms. The predicted molar refractivity (Wildman–Crippen MR) is 53.9 cm³/mol. The Balaban J connectivity index is 3.14. The van der Waals surface area contributed by atoms with E-state index >= 15 is 0 Å². The first-order valence-electron chi connectivity index (χ1n) is 4.84. The Morgan fingerprint density at radius 2 is 2.00 bits per heavy atom. The van der Waals surface area contributed by atoms with Crippen LogP contribution in [-0.2, 0) is 6.18 Å². The fraction of sp³-hybridized carbons (Fsp3) is 0.400. The molecule has 1 aromatic carbocycles. The zero-order valence-corrected chi connectivity index (χ0v) is 8.95. The molecule has 0 unspecified atom stereocenters. The van der Waals surface area contributed by atoms with Gasteiger partial charge in [-0.15, -0.1) is 0 Å². The summed E-state index contributed by atoms with van der Waals surface area (Å²) in [7, 11) is 0. The number of non-ortho nitro benzene ring substituents is 1. The molecule has 0 fully saturated rings. The minimum Gasteiger partial charge on any atom is -0.493 e. The Labute approximate surface area is 95.2 Å². The summed E-state index contributed by atoms with van der Waals surface area (Å²) in [6.07, 6.45) is -4.03. The van der Waals surface area contributed by atoms with Crippen LogP contribution in [0.2, 0.25) is 0 Å². The van der Waals surface area contributed by atoms with Gasteiger partial charge >= 0.3 is 6.18 Å². The van der Waals surface area contributed by atoms with Gasteiger partial charge in [-0.2, -0.15) is 13.2 Å². The van der Waals surface area contributed by atoms with Gasteiger partial charge in [-0.05, 0) is 12.5 Å². The standard InChI is InChI=1S/C10H10F3NO3/c1-2-3-17-9-5-7(10(11,12)13)4-8(6-9)14(15)16/h4-6H,2-3H2,1H3. The van der Waals surface area contributed by atoms with Gasteiger partial charge < -0.3 is 4.74 Å². The SMILES string of the molecule is CCCOc1cc([N+](=O)[O-])cc(C(F)(F)F)c1. The minimum absolute atomic E-state index is 0.145. The molecule has 4 nitrogen and oxygen atoms in total. The average Bonchev–Trinajstić information content (AvgIpc) is 2.24. The molecule has 0 aliphatic carbocycles. The van der Waals surface area contributed by atoms with Gasteiger partial charge in [0.05, 0.1) is 23.2 Å². The number of hydrogen-bond acceptors (Lipinski definition) is 3. The minimum atomic E-state index is -4.63. The second kappa shape index (κ2) is 5.03. The van der Waals surface area contributed by atoms with Crippen LogP contribution in [0.4, 0.5) is 18.9 Å². The summed E-state index contributed by atoms with van der Waals surface area (Å²) in [6.45, 7) is 1.99. The monoisotopic (exact) mass is 249 g/mol. The van der Waals surface area contributed by atoms with Gasteiger partial charge in [0.25, 0.3) is 5.69 Å². The third kappa shape index (κ3) is 3.61. The molecule has 0 radical (unpaired) electrons. The lowest BCUT2D eigenvalue weighted by molar-refractivity contribution is -0.385. The molecule has 94 valence electrons. The van der Waals surface area contributed by atoms with Crippen molar-refractivity contribution in [2.75, 3.05) is 6.61 Å². The number of nitro groups is 1. The van der Waals surface area contributed by atoms with E-state index in [1.165, 1.54) is 0 Å². The molecule has 1 aromatic rings. The molecule has 0 atom stereocenters. The van der Waals surface area contributed by atoms with Crippen LogP contribution < -0.4 is 4.74 Å². The van der Waals surface area contributed by atoms with Crippen LogP contribution in [0.25, 0.3) is 0 Å². The number of nitro benzene ring substituents is 1. The zero-order chi connectivity index (χ0) is 13.1. The first-order chi connectivity index (χ1) is 7.84. The third-order valence-corrected chi connectivity index (χ3v) is 1.90. The van der Waals surface area contributed by atoms with Crippen LogP contribution in [0.1, 0.15) is 18.9 Å². The summed E-state index contributed by atoms with van der Waals surface area (Å²) in [5.41, 5.74) is -1.72.